The number of furan rings is 1. The van der Waals surface area contributed by atoms with Gasteiger partial charge in [-0.05, 0) is 24.5 Å². The van der Waals surface area contributed by atoms with Gasteiger partial charge in [0.15, 0.2) is 10.7 Å². The number of rotatable bonds is 10. The molecule has 1 rings (SSSR count). The van der Waals surface area contributed by atoms with Crippen molar-refractivity contribution in [2.24, 2.45) is 5.18 Å². The van der Waals surface area contributed by atoms with Crippen LogP contribution in [-0.2, 0) is 15.3 Å². The molecule has 1 aromatic heterocycles. The van der Waals surface area contributed by atoms with E-state index in [4.69, 9.17) is 14.3 Å². The van der Waals surface area contributed by atoms with Crippen LogP contribution in [0.1, 0.15) is 12.7 Å². The smallest absolute Gasteiger partial charge is 0.374 e. The number of ether oxygens (including phenoxy) is 1. The van der Waals surface area contributed by atoms with Crippen molar-refractivity contribution in [2.45, 2.75) is 17.6 Å². The first-order chi connectivity index (χ1) is 10.0. The van der Waals surface area contributed by atoms with Crippen molar-refractivity contribution in [3.8, 4) is 0 Å². The SMILES string of the molecule is C=C(O)C(=O)OC(CN=O)(CSCC)SCc1ccco1. The average Bonchev–Trinajstić information content (AvgIpc) is 2.96. The van der Waals surface area contributed by atoms with Gasteiger partial charge in [0.2, 0.25) is 0 Å². The summed E-state index contributed by atoms with van der Waals surface area (Å²) in [6.07, 6.45) is 1.54. The molecular weight excluding hydrogens is 314 g/mol. The van der Waals surface area contributed by atoms with E-state index in [0.29, 0.717) is 17.3 Å². The van der Waals surface area contributed by atoms with Gasteiger partial charge >= 0.3 is 5.97 Å². The number of thioether (sulfide) groups is 2. The van der Waals surface area contributed by atoms with Crippen LogP contribution < -0.4 is 0 Å². The molecule has 1 N–H and O–H groups in total. The summed E-state index contributed by atoms with van der Waals surface area (Å²) >= 11 is 2.74. The van der Waals surface area contributed by atoms with Crippen LogP contribution in [0.15, 0.2) is 40.3 Å². The van der Waals surface area contributed by atoms with Gasteiger partial charge in [-0.3, -0.25) is 0 Å². The molecule has 1 heterocycles. The third-order valence-corrected chi connectivity index (χ3v) is 4.98. The predicted molar refractivity (Wildman–Crippen MR) is 84.3 cm³/mol. The zero-order valence-corrected chi connectivity index (χ0v) is 13.2. The fourth-order valence-corrected chi connectivity index (χ4v) is 3.50. The Labute approximate surface area is 131 Å². The number of carbonyl (C=O) groups is 1. The first kappa shape index (κ1) is 17.6. The van der Waals surface area contributed by atoms with Crippen LogP contribution in [0.4, 0.5) is 0 Å². The van der Waals surface area contributed by atoms with Crippen LogP contribution in [0.2, 0.25) is 0 Å². The Morgan fingerprint density at radius 1 is 1.62 bits per heavy atom. The molecule has 0 bridgehead atoms. The zero-order chi connectivity index (χ0) is 15.7. The molecule has 1 aromatic rings. The number of hydrogen-bond donors (Lipinski definition) is 1. The molecule has 0 saturated heterocycles. The molecule has 0 aromatic carbocycles. The fourth-order valence-electron chi connectivity index (χ4n) is 1.41. The van der Waals surface area contributed by atoms with Crippen LogP contribution in [0, 0.1) is 4.91 Å². The highest BCUT2D eigenvalue weighted by molar-refractivity contribution is 8.03. The zero-order valence-electron chi connectivity index (χ0n) is 11.6. The summed E-state index contributed by atoms with van der Waals surface area (Å²) < 4.78 is 10.5. The van der Waals surface area contributed by atoms with E-state index in [2.05, 4.69) is 11.8 Å². The minimum Gasteiger partial charge on any atom is -0.502 e. The summed E-state index contributed by atoms with van der Waals surface area (Å²) in [7, 11) is 0. The summed E-state index contributed by atoms with van der Waals surface area (Å²) in [4.78, 5) is 21.2. The molecule has 21 heavy (non-hydrogen) atoms. The second-order valence-corrected chi connectivity index (χ2v) is 6.63. The van der Waals surface area contributed by atoms with Crippen LogP contribution in [-0.4, -0.2) is 34.1 Å². The monoisotopic (exact) mass is 331 g/mol. The number of aliphatic hydroxyl groups excluding tert-OH is 1. The molecular formula is C13H17NO5S2. The molecule has 0 aliphatic carbocycles. The Balaban J connectivity index is 2.84. The molecule has 0 saturated carbocycles. The molecule has 0 fully saturated rings. The van der Waals surface area contributed by atoms with Crippen LogP contribution in [0.3, 0.4) is 0 Å². The Kier molecular flexibility index (Phi) is 7.38. The van der Waals surface area contributed by atoms with E-state index >= 15 is 0 Å². The van der Waals surface area contributed by atoms with Crippen LogP contribution in [0.5, 0.6) is 0 Å². The number of esters is 1. The fraction of sp³-hybridized carbons (Fsp3) is 0.462. The maximum Gasteiger partial charge on any atom is 0.374 e. The van der Waals surface area contributed by atoms with Crippen molar-refractivity contribution in [3.63, 3.8) is 0 Å². The molecule has 8 heteroatoms. The highest BCUT2D eigenvalue weighted by Gasteiger charge is 2.37. The van der Waals surface area contributed by atoms with E-state index < -0.39 is 16.7 Å². The average molecular weight is 331 g/mol. The van der Waals surface area contributed by atoms with Crippen molar-refractivity contribution in [2.75, 3.05) is 18.1 Å². The summed E-state index contributed by atoms with van der Waals surface area (Å²) in [5, 5.41) is 12.0. The van der Waals surface area contributed by atoms with E-state index in [9.17, 15) is 9.70 Å². The quantitative estimate of drug-likeness (QED) is 0.231. The number of carbonyl (C=O) groups excluding carboxylic acids is 1. The van der Waals surface area contributed by atoms with E-state index in [-0.39, 0.29) is 6.54 Å². The van der Waals surface area contributed by atoms with Crippen LogP contribution >= 0.6 is 23.5 Å². The maximum absolute atomic E-state index is 11.6. The van der Waals surface area contributed by atoms with E-state index in [0.717, 1.165) is 5.75 Å². The van der Waals surface area contributed by atoms with Crippen molar-refractivity contribution in [1.82, 2.24) is 0 Å². The van der Waals surface area contributed by atoms with Crippen molar-refractivity contribution in [3.05, 3.63) is 41.4 Å². The lowest BCUT2D eigenvalue weighted by atomic mass is 10.4. The van der Waals surface area contributed by atoms with Gasteiger partial charge in [-0.25, -0.2) is 4.79 Å². The standard InChI is InChI=1S/C13H17NO5S2/c1-3-20-9-13(8-14-17,19-12(16)10(2)15)21-7-11-5-4-6-18-11/h4-6,15H,2-3,7-9H2,1H3. The third-order valence-electron chi connectivity index (χ3n) is 2.40. The number of hydrogen-bond acceptors (Lipinski definition) is 8. The topological polar surface area (TPSA) is 89.1 Å². The van der Waals surface area contributed by atoms with E-state index in [1.54, 1.807) is 12.1 Å². The Morgan fingerprint density at radius 3 is 2.90 bits per heavy atom. The summed E-state index contributed by atoms with van der Waals surface area (Å²) in [5.41, 5.74) is 0. The normalized spacial score (nSPS) is 13.4. The Bertz CT molecular complexity index is 477. The first-order valence-electron chi connectivity index (χ1n) is 6.17. The second-order valence-electron chi connectivity index (χ2n) is 4.04. The molecule has 1 unspecified atom stereocenters. The maximum atomic E-state index is 11.6. The molecule has 0 spiro atoms. The highest BCUT2D eigenvalue weighted by Crippen LogP contribution is 2.34. The van der Waals surface area contributed by atoms with Gasteiger partial charge in [-0.15, -0.1) is 11.8 Å². The molecule has 6 nitrogen and oxygen atoms in total. The van der Waals surface area contributed by atoms with Crippen LogP contribution in [0.25, 0.3) is 0 Å². The van der Waals surface area contributed by atoms with Gasteiger partial charge in [-0.1, -0.05) is 12.1 Å². The van der Waals surface area contributed by atoms with Crippen molar-refractivity contribution in [1.29, 1.82) is 0 Å². The van der Waals surface area contributed by atoms with Gasteiger partial charge in [-0.2, -0.15) is 16.7 Å². The summed E-state index contributed by atoms with van der Waals surface area (Å²) in [6, 6.07) is 3.53. The largest absolute Gasteiger partial charge is 0.502 e. The number of nitroso groups, excluding NO2 is 1. The summed E-state index contributed by atoms with van der Waals surface area (Å²) in [5.74, 6) is 0.611. The lowest BCUT2D eigenvalue weighted by Crippen LogP contribution is -2.38. The molecule has 0 aliphatic rings. The van der Waals surface area contributed by atoms with Gasteiger partial charge in [0.05, 0.1) is 12.0 Å². The van der Waals surface area contributed by atoms with Crippen molar-refractivity contribution >= 4 is 29.5 Å². The first-order valence-corrected chi connectivity index (χ1v) is 8.31. The van der Waals surface area contributed by atoms with Crippen molar-refractivity contribution < 1.29 is 19.1 Å². The minimum atomic E-state index is -1.15. The van der Waals surface area contributed by atoms with E-state index in [1.165, 1.54) is 29.8 Å². The van der Waals surface area contributed by atoms with Gasteiger partial charge in [0.1, 0.15) is 12.3 Å². The van der Waals surface area contributed by atoms with Gasteiger partial charge in [0.25, 0.3) is 0 Å². The van der Waals surface area contributed by atoms with Gasteiger partial charge in [0, 0.05) is 5.75 Å². The van der Waals surface area contributed by atoms with Gasteiger partial charge < -0.3 is 14.3 Å². The second kappa shape index (κ2) is 8.78. The Morgan fingerprint density at radius 2 is 2.38 bits per heavy atom. The third kappa shape index (κ3) is 5.84. The minimum absolute atomic E-state index is 0.218. The highest BCUT2D eigenvalue weighted by atomic mass is 32.2. The number of nitrogens with zero attached hydrogens (tertiary/aromatic N) is 1. The molecule has 0 aliphatic heterocycles. The lowest BCUT2D eigenvalue weighted by molar-refractivity contribution is -0.147. The number of aliphatic hydroxyl groups is 1. The lowest BCUT2D eigenvalue weighted by Gasteiger charge is -2.29. The molecule has 116 valence electrons. The molecule has 0 amide bonds. The Hall–Kier alpha value is -1.41. The predicted octanol–water partition coefficient (Wildman–Crippen LogP) is 3.34. The molecule has 0 radical (unpaired) electrons. The van der Waals surface area contributed by atoms with E-state index in [1.807, 2.05) is 6.92 Å². The molecule has 1 atom stereocenters. The summed E-state index contributed by atoms with van der Waals surface area (Å²) in [6.45, 7) is 4.86.